The van der Waals surface area contributed by atoms with E-state index in [9.17, 15) is 14.0 Å². The van der Waals surface area contributed by atoms with Crippen LogP contribution in [0.1, 0.15) is 27.5 Å². The average molecular weight is 448 g/mol. The molecule has 0 aliphatic carbocycles. The lowest BCUT2D eigenvalue weighted by molar-refractivity contribution is -0.596. The molecule has 2 N–H and O–H groups in total. The number of para-hydroxylation sites is 1. The number of benzene rings is 3. The number of hydrazone groups is 1. The summed E-state index contributed by atoms with van der Waals surface area (Å²) < 4.78 is 25.6. The smallest absolute Gasteiger partial charge is 0.304 e. The molecule has 0 aromatic heterocycles. The monoisotopic (exact) mass is 448 g/mol. The van der Waals surface area contributed by atoms with Gasteiger partial charge in [-0.15, -0.1) is 10.1 Å². The van der Waals surface area contributed by atoms with E-state index in [4.69, 9.17) is 9.47 Å². The molecule has 33 heavy (non-hydrogen) atoms. The zero-order chi connectivity index (χ0) is 23.4. The number of hydrogen-bond donors (Lipinski definition) is 2. The predicted octanol–water partition coefficient (Wildman–Crippen LogP) is 2.86. The van der Waals surface area contributed by atoms with Gasteiger partial charge in [-0.25, -0.2) is 4.39 Å². The number of carbonyl (C=O) groups excluding carboxylic acids is 2. The first-order valence-electron chi connectivity index (χ1n) is 10.3. The second-order valence-corrected chi connectivity index (χ2v) is 7.43. The molecule has 1 aliphatic heterocycles. The third-order valence-electron chi connectivity index (χ3n) is 5.40. The van der Waals surface area contributed by atoms with Crippen molar-refractivity contribution < 1.29 is 28.1 Å². The van der Waals surface area contributed by atoms with Crippen LogP contribution in [0.25, 0.3) is 0 Å². The van der Waals surface area contributed by atoms with E-state index in [0.717, 1.165) is 11.1 Å². The van der Waals surface area contributed by atoms with Gasteiger partial charge in [0.2, 0.25) is 12.3 Å². The van der Waals surface area contributed by atoms with Crippen LogP contribution in [-0.4, -0.2) is 43.0 Å². The molecule has 0 saturated carbocycles. The first-order valence-corrected chi connectivity index (χ1v) is 10.3. The summed E-state index contributed by atoms with van der Waals surface area (Å²) in [5, 5.41) is 2.79. The minimum absolute atomic E-state index is 0.254. The second kappa shape index (κ2) is 9.52. The fraction of sp³-hybridized carbons (Fsp3) is 0.160. The largest absolute Gasteiger partial charge is 0.497 e. The lowest BCUT2D eigenvalue weighted by Crippen LogP contribution is -2.42. The molecular formula is C25H23FN3O4+. The van der Waals surface area contributed by atoms with E-state index < -0.39 is 23.8 Å². The van der Waals surface area contributed by atoms with Gasteiger partial charge in [0.25, 0.3) is 5.91 Å². The molecule has 2 amide bonds. The van der Waals surface area contributed by atoms with Gasteiger partial charge in [0.05, 0.1) is 19.8 Å². The molecule has 3 aromatic carbocycles. The molecule has 1 fully saturated rings. The highest BCUT2D eigenvalue weighted by Crippen LogP contribution is 2.28. The van der Waals surface area contributed by atoms with Crippen molar-refractivity contribution in [1.29, 1.82) is 0 Å². The zero-order valence-corrected chi connectivity index (χ0v) is 18.1. The SMILES string of the molecule is COc1ccc([C@H]2[C@@H](NC(=O)c3ccc(F)cc3)C(=O)N/[N+]2=C\c2ccccc2OC)cc1. The number of amides is 2. The minimum atomic E-state index is -0.901. The number of methoxy groups -OCH3 is 2. The second-order valence-electron chi connectivity index (χ2n) is 7.43. The summed E-state index contributed by atoms with van der Waals surface area (Å²) in [6, 6.07) is 18.3. The first kappa shape index (κ1) is 22.0. The number of nitrogens with one attached hydrogen (secondary N) is 2. The molecule has 3 aromatic rings. The van der Waals surface area contributed by atoms with Crippen LogP contribution in [0, 0.1) is 5.82 Å². The Morgan fingerprint density at radius 2 is 1.70 bits per heavy atom. The summed E-state index contributed by atoms with van der Waals surface area (Å²) >= 11 is 0. The molecule has 1 aliphatic rings. The number of halogens is 1. The van der Waals surface area contributed by atoms with E-state index in [-0.39, 0.29) is 11.5 Å². The van der Waals surface area contributed by atoms with Crippen LogP contribution in [0.15, 0.2) is 72.8 Å². The Hall–Kier alpha value is -4.20. The van der Waals surface area contributed by atoms with Crippen LogP contribution in [0.2, 0.25) is 0 Å². The molecule has 1 saturated heterocycles. The van der Waals surface area contributed by atoms with Gasteiger partial charge in [0.1, 0.15) is 17.3 Å². The van der Waals surface area contributed by atoms with Gasteiger partial charge in [-0.3, -0.25) is 9.59 Å². The van der Waals surface area contributed by atoms with Crippen molar-refractivity contribution in [2.45, 2.75) is 12.1 Å². The molecule has 7 nitrogen and oxygen atoms in total. The van der Waals surface area contributed by atoms with Crippen molar-refractivity contribution in [3.05, 3.63) is 95.3 Å². The van der Waals surface area contributed by atoms with Crippen LogP contribution < -0.4 is 20.2 Å². The molecule has 0 bridgehead atoms. The Morgan fingerprint density at radius 3 is 2.36 bits per heavy atom. The maximum Gasteiger partial charge on any atom is 0.304 e. The molecule has 168 valence electrons. The van der Waals surface area contributed by atoms with Crippen molar-refractivity contribution in [2.24, 2.45) is 0 Å². The van der Waals surface area contributed by atoms with Crippen molar-refractivity contribution in [1.82, 2.24) is 10.7 Å². The zero-order valence-electron chi connectivity index (χ0n) is 18.1. The van der Waals surface area contributed by atoms with Gasteiger partial charge >= 0.3 is 5.91 Å². The maximum absolute atomic E-state index is 13.3. The Morgan fingerprint density at radius 1 is 1.00 bits per heavy atom. The summed E-state index contributed by atoms with van der Waals surface area (Å²) in [5.74, 6) is 0.00583. The van der Waals surface area contributed by atoms with E-state index in [1.807, 2.05) is 36.4 Å². The van der Waals surface area contributed by atoms with Crippen LogP contribution in [0.4, 0.5) is 4.39 Å². The third-order valence-corrected chi connectivity index (χ3v) is 5.40. The maximum atomic E-state index is 13.3. The minimum Gasteiger partial charge on any atom is -0.497 e. The van der Waals surface area contributed by atoms with Crippen molar-refractivity contribution in [3.63, 3.8) is 0 Å². The number of hydrogen-bond acceptors (Lipinski definition) is 4. The highest BCUT2D eigenvalue weighted by atomic mass is 19.1. The lowest BCUT2D eigenvalue weighted by Gasteiger charge is -2.15. The number of rotatable bonds is 6. The van der Waals surface area contributed by atoms with Crippen molar-refractivity contribution in [3.8, 4) is 11.5 Å². The van der Waals surface area contributed by atoms with Gasteiger partial charge < -0.3 is 14.8 Å². The number of carbonyl (C=O) groups is 2. The van der Waals surface area contributed by atoms with Gasteiger partial charge in [0, 0.05) is 11.1 Å². The summed E-state index contributed by atoms with van der Waals surface area (Å²) in [7, 11) is 3.14. The number of hydrazine groups is 1. The standard InChI is InChI=1S/C25H22FN3O4/c1-32-20-13-9-16(10-14-20)23-22(27-24(30)17-7-11-19(26)12-8-17)25(31)28-29(23)15-18-5-3-4-6-21(18)33-2/h3-15,22-23H,1-2H3,(H-,27,28,30,31)/p+1/b29-15-/t22-,23+/m1/s1. The van der Waals surface area contributed by atoms with Crippen LogP contribution in [0.5, 0.6) is 11.5 Å². The van der Waals surface area contributed by atoms with Gasteiger partial charge in [-0.1, -0.05) is 12.1 Å². The number of ether oxygens (including phenoxy) is 2. The fourth-order valence-electron chi connectivity index (χ4n) is 3.73. The Balaban J connectivity index is 1.72. The molecular weight excluding hydrogens is 425 g/mol. The summed E-state index contributed by atoms with van der Waals surface area (Å²) in [6.45, 7) is 0. The topological polar surface area (TPSA) is 79.7 Å². The number of nitrogens with zero attached hydrogens (tertiary/aromatic N) is 1. The van der Waals surface area contributed by atoms with Gasteiger partial charge in [-0.2, -0.15) is 0 Å². The molecule has 2 atom stereocenters. The quantitative estimate of drug-likeness (QED) is 0.569. The summed E-state index contributed by atoms with van der Waals surface area (Å²) in [6.07, 6.45) is 1.76. The molecule has 8 heteroatoms. The highest BCUT2D eigenvalue weighted by Gasteiger charge is 2.48. The lowest BCUT2D eigenvalue weighted by atomic mass is 9.99. The normalized spacial score (nSPS) is 18.6. The van der Waals surface area contributed by atoms with Gasteiger partial charge in [0.15, 0.2) is 6.04 Å². The van der Waals surface area contributed by atoms with E-state index >= 15 is 0 Å². The Kier molecular flexibility index (Phi) is 6.35. The van der Waals surface area contributed by atoms with Crippen LogP contribution in [0.3, 0.4) is 0 Å². The molecule has 4 rings (SSSR count). The van der Waals surface area contributed by atoms with Crippen LogP contribution >= 0.6 is 0 Å². The molecule has 0 radical (unpaired) electrons. The average Bonchev–Trinajstić information content (AvgIpc) is 3.14. The Bertz CT molecular complexity index is 1190. The summed E-state index contributed by atoms with van der Waals surface area (Å²) in [5.41, 5.74) is 4.61. The van der Waals surface area contributed by atoms with Crippen molar-refractivity contribution in [2.75, 3.05) is 14.2 Å². The van der Waals surface area contributed by atoms with Crippen LogP contribution in [-0.2, 0) is 4.79 Å². The first-order chi connectivity index (χ1) is 16.0. The predicted molar refractivity (Wildman–Crippen MR) is 120 cm³/mol. The Labute approximate surface area is 190 Å². The summed E-state index contributed by atoms with van der Waals surface area (Å²) in [4.78, 5) is 25.8. The fourth-order valence-corrected chi connectivity index (χ4v) is 3.73. The van der Waals surface area contributed by atoms with E-state index in [0.29, 0.717) is 11.5 Å². The van der Waals surface area contributed by atoms with E-state index in [1.54, 1.807) is 37.3 Å². The van der Waals surface area contributed by atoms with Gasteiger partial charge in [-0.05, 0) is 60.7 Å². The highest BCUT2D eigenvalue weighted by molar-refractivity contribution is 5.98. The molecule has 0 unspecified atom stereocenters. The third kappa shape index (κ3) is 4.69. The molecule has 0 spiro atoms. The van der Waals surface area contributed by atoms with E-state index in [2.05, 4.69) is 10.7 Å². The molecule has 1 heterocycles. The van der Waals surface area contributed by atoms with E-state index in [1.165, 1.54) is 24.3 Å². The van der Waals surface area contributed by atoms with Crippen molar-refractivity contribution >= 4 is 18.0 Å².